The maximum Gasteiger partial charge on any atom is 0.240 e. The van der Waals surface area contributed by atoms with Gasteiger partial charge >= 0.3 is 0 Å². The molecule has 1 unspecified atom stereocenters. The average Bonchev–Trinajstić information content (AvgIpc) is 2.95. The lowest BCUT2D eigenvalue weighted by molar-refractivity contribution is 0.142. The van der Waals surface area contributed by atoms with Crippen molar-refractivity contribution in [3.8, 4) is 0 Å². The molecule has 5 nitrogen and oxygen atoms in total. The molecule has 2 N–H and O–H groups in total. The van der Waals surface area contributed by atoms with E-state index in [4.69, 9.17) is 16.0 Å². The van der Waals surface area contributed by atoms with Gasteiger partial charge in [-0.2, -0.15) is 0 Å². The van der Waals surface area contributed by atoms with Crippen molar-refractivity contribution >= 4 is 21.6 Å². The summed E-state index contributed by atoms with van der Waals surface area (Å²) in [4.78, 5) is 0.141. The summed E-state index contributed by atoms with van der Waals surface area (Å²) in [6, 6.07) is 7.99. The van der Waals surface area contributed by atoms with Crippen LogP contribution in [0.1, 0.15) is 23.8 Å². The monoisotopic (exact) mass is 329 g/mol. The molecule has 0 radical (unpaired) electrons. The summed E-state index contributed by atoms with van der Waals surface area (Å²) in [6.45, 7) is 1.79. The fourth-order valence-corrected chi connectivity index (χ4v) is 3.45. The number of aryl methyl sites for hydroxylation is 1. The van der Waals surface area contributed by atoms with Gasteiger partial charge in [0.15, 0.2) is 0 Å². The fourth-order valence-electron chi connectivity index (χ4n) is 1.89. The van der Waals surface area contributed by atoms with Crippen LogP contribution in [-0.4, -0.2) is 20.1 Å². The second-order valence-electron chi connectivity index (χ2n) is 4.63. The smallest absolute Gasteiger partial charge is 0.240 e. The van der Waals surface area contributed by atoms with Gasteiger partial charge in [0.05, 0.1) is 11.2 Å². The number of aliphatic hydroxyl groups is 1. The Morgan fingerprint density at radius 2 is 2.14 bits per heavy atom. The highest BCUT2D eigenvalue weighted by Gasteiger charge is 2.18. The fraction of sp³-hybridized carbons (Fsp3) is 0.286. The summed E-state index contributed by atoms with van der Waals surface area (Å²) < 4.78 is 31.9. The van der Waals surface area contributed by atoms with Crippen molar-refractivity contribution in [3.63, 3.8) is 0 Å². The third-order valence-electron chi connectivity index (χ3n) is 3.02. The topological polar surface area (TPSA) is 79.5 Å². The van der Waals surface area contributed by atoms with Gasteiger partial charge in [0.2, 0.25) is 10.0 Å². The molecular formula is C14H16ClNO4S. The van der Waals surface area contributed by atoms with Gasteiger partial charge < -0.3 is 9.52 Å². The van der Waals surface area contributed by atoms with Gasteiger partial charge in [-0.15, -0.1) is 0 Å². The zero-order chi connectivity index (χ0) is 15.5. The van der Waals surface area contributed by atoms with Crippen LogP contribution >= 0.6 is 11.6 Å². The van der Waals surface area contributed by atoms with E-state index in [0.29, 0.717) is 16.3 Å². The molecule has 7 heteroatoms. The Kier molecular flexibility index (Phi) is 5.05. The number of sulfonamides is 1. The Balaban J connectivity index is 2.00. The third kappa shape index (κ3) is 4.07. The van der Waals surface area contributed by atoms with Crippen LogP contribution < -0.4 is 4.72 Å². The van der Waals surface area contributed by atoms with Crippen LogP contribution in [0.2, 0.25) is 5.02 Å². The highest BCUT2D eigenvalue weighted by Crippen LogP contribution is 2.21. The number of furan rings is 1. The molecule has 0 bridgehead atoms. The highest BCUT2D eigenvalue weighted by atomic mass is 35.5. The molecule has 21 heavy (non-hydrogen) atoms. The molecule has 0 aliphatic heterocycles. The SMILES string of the molecule is Cc1ccc(Cl)cc1S(=O)(=O)NCCC(O)c1ccco1. The molecule has 0 saturated carbocycles. The van der Waals surface area contributed by atoms with Crippen molar-refractivity contribution < 1.29 is 17.9 Å². The van der Waals surface area contributed by atoms with Crippen LogP contribution in [0.4, 0.5) is 0 Å². The lowest BCUT2D eigenvalue weighted by Crippen LogP contribution is -2.26. The molecule has 1 heterocycles. The maximum absolute atomic E-state index is 12.2. The second-order valence-corrected chi connectivity index (χ2v) is 6.80. The Morgan fingerprint density at radius 1 is 1.38 bits per heavy atom. The minimum Gasteiger partial charge on any atom is -0.467 e. The van der Waals surface area contributed by atoms with Gasteiger partial charge in [-0.25, -0.2) is 13.1 Å². The summed E-state index contributed by atoms with van der Waals surface area (Å²) in [5.74, 6) is 0.410. The predicted octanol–water partition coefficient (Wildman–Crippen LogP) is 2.64. The molecule has 1 aromatic carbocycles. The Labute approximate surface area is 128 Å². The van der Waals surface area contributed by atoms with Crippen LogP contribution in [0.3, 0.4) is 0 Å². The summed E-state index contributed by atoms with van der Waals surface area (Å²) in [7, 11) is -3.65. The van der Waals surface area contributed by atoms with Gasteiger partial charge in [-0.3, -0.25) is 0 Å². The summed E-state index contributed by atoms with van der Waals surface area (Å²) in [6.07, 6.45) is 0.827. The lowest BCUT2D eigenvalue weighted by atomic mass is 10.2. The number of rotatable bonds is 6. The lowest BCUT2D eigenvalue weighted by Gasteiger charge is -2.11. The number of benzene rings is 1. The average molecular weight is 330 g/mol. The number of aliphatic hydroxyl groups excluding tert-OH is 1. The van der Waals surface area contributed by atoms with Crippen molar-refractivity contribution in [3.05, 3.63) is 52.9 Å². The summed E-state index contributed by atoms with van der Waals surface area (Å²) in [5.41, 5.74) is 0.610. The van der Waals surface area contributed by atoms with E-state index in [0.717, 1.165) is 0 Å². The van der Waals surface area contributed by atoms with E-state index in [1.807, 2.05) is 0 Å². The van der Waals surface area contributed by atoms with Crippen molar-refractivity contribution in [1.29, 1.82) is 0 Å². The Hall–Kier alpha value is -1.34. The van der Waals surface area contributed by atoms with Crippen molar-refractivity contribution in [2.45, 2.75) is 24.3 Å². The minimum absolute atomic E-state index is 0.0934. The predicted molar refractivity (Wildman–Crippen MR) is 79.7 cm³/mol. The first-order valence-corrected chi connectivity index (χ1v) is 8.23. The van der Waals surface area contributed by atoms with E-state index in [1.165, 1.54) is 12.3 Å². The second kappa shape index (κ2) is 6.62. The van der Waals surface area contributed by atoms with Crippen molar-refractivity contribution in [2.24, 2.45) is 0 Å². The number of halogens is 1. The molecule has 0 aliphatic rings. The van der Waals surface area contributed by atoms with Crippen LogP contribution in [0.15, 0.2) is 45.9 Å². The molecular weight excluding hydrogens is 314 g/mol. The number of hydrogen-bond donors (Lipinski definition) is 2. The quantitative estimate of drug-likeness (QED) is 0.853. The van der Waals surface area contributed by atoms with Gasteiger partial charge in [0.25, 0.3) is 0 Å². The standard InChI is InChI=1S/C14H16ClNO4S/c1-10-4-5-11(15)9-14(10)21(18,19)16-7-6-12(17)13-3-2-8-20-13/h2-5,8-9,12,16-17H,6-7H2,1H3. The summed E-state index contributed by atoms with van der Waals surface area (Å²) >= 11 is 5.83. The molecule has 0 spiro atoms. The maximum atomic E-state index is 12.2. The Morgan fingerprint density at radius 3 is 2.81 bits per heavy atom. The van der Waals surface area contributed by atoms with Crippen molar-refractivity contribution in [2.75, 3.05) is 6.54 Å². The molecule has 0 amide bonds. The van der Waals surface area contributed by atoms with E-state index < -0.39 is 16.1 Å². The molecule has 2 aromatic rings. The van der Waals surface area contributed by atoms with Gasteiger partial charge in [-0.1, -0.05) is 17.7 Å². The molecule has 1 atom stereocenters. The first kappa shape index (κ1) is 16.0. The van der Waals surface area contributed by atoms with Gasteiger partial charge in [0, 0.05) is 11.6 Å². The van der Waals surface area contributed by atoms with Gasteiger partial charge in [0.1, 0.15) is 11.9 Å². The van der Waals surface area contributed by atoms with E-state index in [1.54, 1.807) is 31.2 Å². The molecule has 114 valence electrons. The molecule has 2 rings (SSSR count). The van der Waals surface area contributed by atoms with Crippen LogP contribution in [-0.2, 0) is 10.0 Å². The van der Waals surface area contributed by atoms with E-state index in [9.17, 15) is 13.5 Å². The zero-order valence-electron chi connectivity index (χ0n) is 11.4. The van der Waals surface area contributed by atoms with E-state index in [2.05, 4.69) is 4.72 Å². The summed E-state index contributed by atoms with van der Waals surface area (Å²) in [5, 5.41) is 10.2. The van der Waals surface area contributed by atoms with Crippen LogP contribution in [0, 0.1) is 6.92 Å². The van der Waals surface area contributed by atoms with E-state index >= 15 is 0 Å². The van der Waals surface area contributed by atoms with Crippen LogP contribution in [0.25, 0.3) is 0 Å². The third-order valence-corrected chi connectivity index (χ3v) is 4.86. The molecule has 0 saturated heterocycles. The normalized spacial score (nSPS) is 13.3. The van der Waals surface area contributed by atoms with Crippen LogP contribution in [0.5, 0.6) is 0 Å². The number of hydrogen-bond acceptors (Lipinski definition) is 4. The molecule has 0 aliphatic carbocycles. The zero-order valence-corrected chi connectivity index (χ0v) is 13.0. The largest absolute Gasteiger partial charge is 0.467 e. The van der Waals surface area contributed by atoms with E-state index in [-0.39, 0.29) is 17.9 Å². The first-order chi connectivity index (χ1) is 9.90. The minimum atomic E-state index is -3.65. The molecule has 0 fully saturated rings. The first-order valence-electron chi connectivity index (χ1n) is 6.37. The van der Waals surface area contributed by atoms with Crippen molar-refractivity contribution in [1.82, 2.24) is 4.72 Å². The highest BCUT2D eigenvalue weighted by molar-refractivity contribution is 7.89. The Bertz CT molecular complexity index is 698. The molecule has 1 aromatic heterocycles. The number of nitrogens with one attached hydrogen (secondary N) is 1. The van der Waals surface area contributed by atoms with Gasteiger partial charge in [-0.05, 0) is 43.2 Å².